The number of nitrogens with zero attached hydrogens (tertiary/aromatic N) is 3. The van der Waals surface area contributed by atoms with Gasteiger partial charge in [0.2, 0.25) is 0 Å². The van der Waals surface area contributed by atoms with E-state index in [0.29, 0.717) is 6.54 Å². The molecule has 1 aromatic heterocycles. The van der Waals surface area contributed by atoms with Gasteiger partial charge in [-0.2, -0.15) is 0 Å². The number of benzene rings is 1. The fourth-order valence-electron chi connectivity index (χ4n) is 1.91. The molecule has 1 heterocycles. The highest BCUT2D eigenvalue weighted by atomic mass is 35.5. The Bertz CT molecular complexity index is 572. The van der Waals surface area contributed by atoms with Gasteiger partial charge in [0.1, 0.15) is 5.69 Å². The van der Waals surface area contributed by atoms with E-state index in [-0.39, 0.29) is 0 Å². The molecule has 0 amide bonds. The first-order valence-corrected chi connectivity index (χ1v) is 7.18. The molecule has 0 fully saturated rings. The molecule has 5 heteroatoms. The Morgan fingerprint density at radius 1 is 1.25 bits per heavy atom. The monoisotopic (exact) mass is 290 g/mol. The minimum atomic E-state index is 0.395. The van der Waals surface area contributed by atoms with Crippen LogP contribution in [-0.4, -0.2) is 15.0 Å². The van der Waals surface area contributed by atoms with Crippen LogP contribution in [0.4, 0.5) is 0 Å². The molecule has 0 aliphatic heterocycles. The van der Waals surface area contributed by atoms with Crippen LogP contribution in [0, 0.1) is 0 Å². The van der Waals surface area contributed by atoms with E-state index in [0.717, 1.165) is 41.4 Å². The molecule has 2 N–H and O–H groups in total. The summed E-state index contributed by atoms with van der Waals surface area (Å²) in [6.45, 7) is 3.42. The van der Waals surface area contributed by atoms with Gasteiger partial charge in [-0.3, -0.25) is 0 Å². The van der Waals surface area contributed by atoms with Crippen LogP contribution < -0.4 is 5.73 Å². The molecular weight excluding hydrogens is 272 g/mol. The molecule has 0 spiro atoms. The third-order valence-corrected chi connectivity index (χ3v) is 3.32. The number of nitrogens with two attached hydrogens (primary N) is 1. The summed E-state index contributed by atoms with van der Waals surface area (Å²) in [5, 5.41) is 9.03. The summed E-state index contributed by atoms with van der Waals surface area (Å²) in [4.78, 5) is 0. The fraction of sp³-hybridized carbons (Fsp3) is 0.333. The van der Waals surface area contributed by atoms with Gasteiger partial charge in [0.25, 0.3) is 0 Å². The molecule has 0 atom stereocenters. The van der Waals surface area contributed by atoms with Gasteiger partial charge in [-0.1, -0.05) is 48.4 Å². The number of halogens is 1. The van der Waals surface area contributed by atoms with Crippen molar-refractivity contribution in [2.45, 2.75) is 32.9 Å². The van der Waals surface area contributed by atoms with Crippen LogP contribution in [0.3, 0.4) is 0 Å². The predicted molar refractivity (Wildman–Crippen MR) is 83.2 cm³/mol. The predicted octanol–water partition coefficient (Wildman–Crippen LogP) is 3.36. The second-order valence-corrected chi connectivity index (χ2v) is 5.02. The van der Waals surface area contributed by atoms with E-state index >= 15 is 0 Å². The van der Waals surface area contributed by atoms with Gasteiger partial charge < -0.3 is 5.73 Å². The molecule has 0 unspecified atom stereocenters. The molecule has 0 bridgehead atoms. The summed E-state index contributed by atoms with van der Waals surface area (Å²) in [6, 6.07) is 7.69. The molecule has 0 radical (unpaired) electrons. The second-order valence-electron chi connectivity index (χ2n) is 4.59. The van der Waals surface area contributed by atoms with E-state index in [1.165, 1.54) is 0 Å². The second kappa shape index (κ2) is 7.22. The van der Waals surface area contributed by atoms with Gasteiger partial charge >= 0.3 is 0 Å². The molecule has 106 valence electrons. The molecule has 2 aromatic rings. The summed E-state index contributed by atoms with van der Waals surface area (Å²) >= 11 is 5.88. The van der Waals surface area contributed by atoms with E-state index in [1.54, 1.807) is 0 Å². The van der Waals surface area contributed by atoms with Crippen molar-refractivity contribution in [3.05, 3.63) is 46.2 Å². The van der Waals surface area contributed by atoms with Crippen molar-refractivity contribution < 1.29 is 0 Å². The highest BCUT2D eigenvalue weighted by Crippen LogP contribution is 2.14. The average molecular weight is 291 g/mol. The first kappa shape index (κ1) is 14.8. The zero-order chi connectivity index (χ0) is 14.4. The smallest absolute Gasteiger partial charge is 0.104 e. The van der Waals surface area contributed by atoms with Crippen LogP contribution in [0.5, 0.6) is 0 Å². The first-order valence-electron chi connectivity index (χ1n) is 6.80. The standard InChI is InChI=1S/C15H19ClN4/c1-2-3-10-20-15(14(11-17)18-19-20)9-6-12-4-7-13(16)8-5-12/h4-9H,2-3,10-11,17H2,1H3/b9-6+. The Morgan fingerprint density at radius 2 is 2.00 bits per heavy atom. The van der Waals surface area contributed by atoms with E-state index < -0.39 is 0 Å². The van der Waals surface area contributed by atoms with Crippen molar-refractivity contribution >= 4 is 23.8 Å². The van der Waals surface area contributed by atoms with Crippen molar-refractivity contribution in [2.24, 2.45) is 5.73 Å². The van der Waals surface area contributed by atoms with Crippen molar-refractivity contribution in [3.63, 3.8) is 0 Å². The van der Waals surface area contributed by atoms with Crippen molar-refractivity contribution in [1.29, 1.82) is 0 Å². The normalized spacial score (nSPS) is 11.3. The lowest BCUT2D eigenvalue weighted by molar-refractivity contribution is 0.549. The Labute approximate surface area is 124 Å². The molecule has 0 saturated carbocycles. The maximum Gasteiger partial charge on any atom is 0.104 e. The molecule has 4 nitrogen and oxygen atoms in total. The van der Waals surface area contributed by atoms with Crippen LogP contribution in [0.2, 0.25) is 5.02 Å². The van der Waals surface area contributed by atoms with Crippen LogP contribution >= 0.6 is 11.6 Å². The lowest BCUT2D eigenvalue weighted by Gasteiger charge is -2.03. The van der Waals surface area contributed by atoms with Crippen molar-refractivity contribution in [3.8, 4) is 0 Å². The minimum absolute atomic E-state index is 0.395. The van der Waals surface area contributed by atoms with E-state index in [4.69, 9.17) is 17.3 Å². The third kappa shape index (κ3) is 3.68. The zero-order valence-corrected chi connectivity index (χ0v) is 12.3. The summed E-state index contributed by atoms with van der Waals surface area (Å²) in [7, 11) is 0. The van der Waals surface area contributed by atoms with Gasteiger partial charge in [0, 0.05) is 18.1 Å². The fourth-order valence-corrected chi connectivity index (χ4v) is 2.03. The average Bonchev–Trinajstić information content (AvgIpc) is 2.86. The summed E-state index contributed by atoms with van der Waals surface area (Å²) in [5.41, 5.74) is 8.61. The van der Waals surface area contributed by atoms with Crippen LogP contribution in [-0.2, 0) is 13.1 Å². The maximum absolute atomic E-state index is 5.88. The van der Waals surface area contributed by atoms with Gasteiger partial charge in [0.05, 0.1) is 5.69 Å². The highest BCUT2D eigenvalue weighted by Gasteiger charge is 2.08. The number of aromatic nitrogens is 3. The van der Waals surface area contributed by atoms with Crippen LogP contribution in [0.25, 0.3) is 12.2 Å². The Morgan fingerprint density at radius 3 is 2.65 bits per heavy atom. The molecule has 1 aromatic carbocycles. The number of hydrogen-bond donors (Lipinski definition) is 1. The Kier molecular flexibility index (Phi) is 5.32. The molecular formula is C15H19ClN4. The summed E-state index contributed by atoms with van der Waals surface area (Å²) in [5.74, 6) is 0. The van der Waals surface area contributed by atoms with Crippen molar-refractivity contribution in [2.75, 3.05) is 0 Å². The van der Waals surface area contributed by atoms with Crippen LogP contribution in [0.1, 0.15) is 36.7 Å². The van der Waals surface area contributed by atoms with E-state index in [2.05, 4.69) is 17.2 Å². The lowest BCUT2D eigenvalue weighted by Crippen LogP contribution is -2.04. The molecule has 0 aliphatic carbocycles. The van der Waals surface area contributed by atoms with Gasteiger partial charge in [-0.05, 0) is 30.2 Å². The molecule has 0 saturated heterocycles. The molecule has 0 aliphatic rings. The molecule has 20 heavy (non-hydrogen) atoms. The third-order valence-electron chi connectivity index (χ3n) is 3.07. The minimum Gasteiger partial charge on any atom is -0.325 e. The molecule has 2 rings (SSSR count). The number of rotatable bonds is 6. The maximum atomic E-state index is 5.88. The van der Waals surface area contributed by atoms with Crippen molar-refractivity contribution in [1.82, 2.24) is 15.0 Å². The lowest BCUT2D eigenvalue weighted by atomic mass is 10.2. The topological polar surface area (TPSA) is 56.7 Å². The van der Waals surface area contributed by atoms with E-state index in [9.17, 15) is 0 Å². The number of aryl methyl sites for hydroxylation is 1. The van der Waals surface area contributed by atoms with Gasteiger partial charge in [-0.25, -0.2) is 4.68 Å². The highest BCUT2D eigenvalue weighted by molar-refractivity contribution is 6.30. The SMILES string of the molecule is CCCCn1nnc(CN)c1/C=C/c1ccc(Cl)cc1. The Balaban J connectivity index is 2.22. The largest absolute Gasteiger partial charge is 0.325 e. The summed E-state index contributed by atoms with van der Waals surface area (Å²) in [6.07, 6.45) is 6.24. The quantitative estimate of drug-likeness (QED) is 0.887. The summed E-state index contributed by atoms with van der Waals surface area (Å²) < 4.78 is 1.91. The van der Waals surface area contributed by atoms with Gasteiger partial charge in [-0.15, -0.1) is 5.10 Å². The van der Waals surface area contributed by atoms with E-state index in [1.807, 2.05) is 41.1 Å². The van der Waals surface area contributed by atoms with Crippen LogP contribution in [0.15, 0.2) is 24.3 Å². The van der Waals surface area contributed by atoms with Gasteiger partial charge in [0.15, 0.2) is 0 Å². The Hall–Kier alpha value is -1.65. The first-order chi connectivity index (χ1) is 9.74. The number of unbranched alkanes of at least 4 members (excludes halogenated alkanes) is 1. The zero-order valence-electron chi connectivity index (χ0n) is 11.6. The number of hydrogen-bond acceptors (Lipinski definition) is 3.